The van der Waals surface area contributed by atoms with Crippen molar-refractivity contribution in [1.29, 1.82) is 0 Å². The lowest BCUT2D eigenvalue weighted by Gasteiger charge is -2.27. The van der Waals surface area contributed by atoms with Gasteiger partial charge in [-0.1, -0.05) is 6.92 Å². The first kappa shape index (κ1) is 13.2. The highest BCUT2D eigenvalue weighted by Crippen LogP contribution is 2.25. The molecule has 4 nitrogen and oxygen atoms in total. The molecule has 1 aromatic heterocycles. The van der Waals surface area contributed by atoms with Gasteiger partial charge in [0.15, 0.2) is 0 Å². The fraction of sp³-hybridized carbons (Fsp3) is 0.750. The monoisotopic (exact) mass is 226 g/mol. The highest BCUT2D eigenvalue weighted by molar-refractivity contribution is 5.04. The lowest BCUT2D eigenvalue weighted by atomic mass is 9.82. The molecule has 0 amide bonds. The highest BCUT2D eigenvalue weighted by atomic mass is 16.3. The van der Waals surface area contributed by atoms with Crippen LogP contribution < -0.4 is 0 Å². The van der Waals surface area contributed by atoms with E-state index in [0.717, 1.165) is 12.1 Å². The number of nitrogens with zero attached hydrogens (tertiary/aromatic N) is 2. The second kappa shape index (κ2) is 5.46. The van der Waals surface area contributed by atoms with Crippen LogP contribution in [0.2, 0.25) is 0 Å². The van der Waals surface area contributed by atoms with Gasteiger partial charge in [0.05, 0.1) is 18.9 Å². The summed E-state index contributed by atoms with van der Waals surface area (Å²) in [6.07, 6.45) is 3.31. The molecule has 0 unspecified atom stereocenters. The molecule has 0 saturated carbocycles. The van der Waals surface area contributed by atoms with Crippen molar-refractivity contribution in [1.82, 2.24) is 9.78 Å². The molecule has 0 saturated heterocycles. The minimum atomic E-state index is -0.434. The van der Waals surface area contributed by atoms with Gasteiger partial charge >= 0.3 is 0 Å². The van der Waals surface area contributed by atoms with E-state index in [-0.39, 0.29) is 13.2 Å². The van der Waals surface area contributed by atoms with Gasteiger partial charge in [-0.3, -0.25) is 4.68 Å². The van der Waals surface area contributed by atoms with E-state index in [0.29, 0.717) is 12.5 Å². The van der Waals surface area contributed by atoms with Crippen LogP contribution in [0.5, 0.6) is 0 Å². The minimum absolute atomic E-state index is 0.00542. The summed E-state index contributed by atoms with van der Waals surface area (Å²) in [6, 6.07) is 2.29. The second-order valence-electron chi connectivity index (χ2n) is 4.73. The van der Waals surface area contributed by atoms with E-state index in [9.17, 15) is 10.2 Å². The molecule has 0 aliphatic carbocycles. The van der Waals surface area contributed by atoms with Crippen molar-refractivity contribution in [2.24, 2.45) is 5.41 Å². The first-order valence-electron chi connectivity index (χ1n) is 5.82. The number of rotatable bonds is 6. The first-order valence-corrected chi connectivity index (χ1v) is 5.82. The summed E-state index contributed by atoms with van der Waals surface area (Å²) in [4.78, 5) is 0. The molecule has 0 radical (unpaired) electrons. The Morgan fingerprint density at radius 2 is 2.00 bits per heavy atom. The maximum absolute atomic E-state index is 9.36. The third-order valence-corrected chi connectivity index (χ3v) is 3.17. The van der Waals surface area contributed by atoms with Crippen LogP contribution in [0.15, 0.2) is 12.3 Å². The van der Waals surface area contributed by atoms with Crippen LogP contribution in [0, 0.1) is 5.41 Å². The van der Waals surface area contributed by atoms with Gasteiger partial charge in [0.2, 0.25) is 0 Å². The van der Waals surface area contributed by atoms with Gasteiger partial charge < -0.3 is 10.2 Å². The summed E-state index contributed by atoms with van der Waals surface area (Å²) < 4.78 is 1.89. The first-order chi connectivity index (χ1) is 7.56. The number of hydrogen-bond donors (Lipinski definition) is 2. The van der Waals surface area contributed by atoms with Crippen molar-refractivity contribution in [2.75, 3.05) is 13.2 Å². The number of aliphatic hydroxyl groups is 2. The summed E-state index contributed by atoms with van der Waals surface area (Å²) >= 11 is 0. The van der Waals surface area contributed by atoms with Crippen LogP contribution in [-0.4, -0.2) is 33.2 Å². The van der Waals surface area contributed by atoms with Crippen LogP contribution in [0.3, 0.4) is 0 Å². The predicted molar refractivity (Wildman–Crippen MR) is 63.2 cm³/mol. The number of aromatic nitrogens is 2. The molecule has 0 aromatic carbocycles. The zero-order valence-corrected chi connectivity index (χ0v) is 10.3. The molecule has 2 N–H and O–H groups in total. The van der Waals surface area contributed by atoms with Gasteiger partial charge in [-0.15, -0.1) is 0 Å². The standard InChI is InChI=1S/C12H22N2O2/c1-4-12(8-15,9-16)7-11-5-6-14(13-11)10(2)3/h5-6,10,15-16H,4,7-9H2,1-3H3. The van der Waals surface area contributed by atoms with Crippen molar-refractivity contribution >= 4 is 0 Å². The fourth-order valence-electron chi connectivity index (χ4n) is 1.65. The van der Waals surface area contributed by atoms with E-state index in [4.69, 9.17) is 0 Å². The van der Waals surface area contributed by atoms with E-state index >= 15 is 0 Å². The lowest BCUT2D eigenvalue weighted by molar-refractivity contribution is 0.0504. The molecule has 0 spiro atoms. The molecule has 1 rings (SSSR count). The largest absolute Gasteiger partial charge is 0.396 e. The minimum Gasteiger partial charge on any atom is -0.396 e. The Balaban J connectivity index is 2.77. The maximum Gasteiger partial charge on any atom is 0.0632 e. The average molecular weight is 226 g/mol. The van der Waals surface area contributed by atoms with Gasteiger partial charge in [0.1, 0.15) is 0 Å². The molecule has 0 fully saturated rings. The van der Waals surface area contributed by atoms with Crippen LogP contribution in [0.1, 0.15) is 38.9 Å². The van der Waals surface area contributed by atoms with Gasteiger partial charge in [-0.25, -0.2) is 0 Å². The molecule has 4 heteroatoms. The van der Waals surface area contributed by atoms with Crippen LogP contribution in [0.25, 0.3) is 0 Å². The van der Waals surface area contributed by atoms with Crippen molar-refractivity contribution < 1.29 is 10.2 Å². The molecular formula is C12H22N2O2. The lowest BCUT2D eigenvalue weighted by Crippen LogP contribution is -2.31. The van der Waals surface area contributed by atoms with Gasteiger partial charge in [0.25, 0.3) is 0 Å². The molecular weight excluding hydrogens is 204 g/mol. The van der Waals surface area contributed by atoms with E-state index in [1.165, 1.54) is 0 Å². The smallest absolute Gasteiger partial charge is 0.0632 e. The normalized spacial score (nSPS) is 12.4. The van der Waals surface area contributed by atoms with Crippen LogP contribution >= 0.6 is 0 Å². The van der Waals surface area contributed by atoms with E-state index in [2.05, 4.69) is 18.9 Å². The maximum atomic E-state index is 9.36. The van der Waals surface area contributed by atoms with E-state index in [1.54, 1.807) is 0 Å². The average Bonchev–Trinajstić information content (AvgIpc) is 2.74. The molecule has 0 aliphatic rings. The summed E-state index contributed by atoms with van der Waals surface area (Å²) in [7, 11) is 0. The van der Waals surface area contributed by atoms with Gasteiger partial charge in [-0.2, -0.15) is 5.10 Å². The molecule has 0 aliphatic heterocycles. The van der Waals surface area contributed by atoms with Gasteiger partial charge in [0, 0.05) is 24.1 Å². The summed E-state index contributed by atoms with van der Waals surface area (Å²) in [6.45, 7) is 6.11. The van der Waals surface area contributed by atoms with Crippen molar-refractivity contribution in [3.8, 4) is 0 Å². The molecule has 16 heavy (non-hydrogen) atoms. The fourth-order valence-corrected chi connectivity index (χ4v) is 1.65. The van der Waals surface area contributed by atoms with Crippen LogP contribution in [-0.2, 0) is 6.42 Å². The van der Waals surface area contributed by atoms with Crippen molar-refractivity contribution in [3.63, 3.8) is 0 Å². The molecule has 1 heterocycles. The Kier molecular flexibility index (Phi) is 4.50. The Labute approximate surface area is 96.9 Å². The van der Waals surface area contributed by atoms with Crippen molar-refractivity contribution in [2.45, 2.75) is 39.7 Å². The summed E-state index contributed by atoms with van der Waals surface area (Å²) in [5.41, 5.74) is 0.495. The Morgan fingerprint density at radius 1 is 1.38 bits per heavy atom. The zero-order valence-electron chi connectivity index (χ0n) is 10.3. The molecule has 92 valence electrons. The Bertz CT molecular complexity index is 308. The Hall–Kier alpha value is -0.870. The predicted octanol–water partition coefficient (Wildman–Crippen LogP) is 1.39. The molecule has 1 aromatic rings. The second-order valence-corrected chi connectivity index (χ2v) is 4.73. The zero-order chi connectivity index (χ0) is 12.2. The number of aliphatic hydroxyl groups excluding tert-OH is 2. The Morgan fingerprint density at radius 3 is 2.38 bits per heavy atom. The van der Waals surface area contributed by atoms with Crippen LogP contribution in [0.4, 0.5) is 0 Å². The summed E-state index contributed by atoms with van der Waals surface area (Å²) in [5, 5.41) is 23.2. The topological polar surface area (TPSA) is 58.3 Å². The van der Waals surface area contributed by atoms with E-state index < -0.39 is 5.41 Å². The molecule has 0 bridgehead atoms. The third-order valence-electron chi connectivity index (χ3n) is 3.17. The van der Waals surface area contributed by atoms with Crippen molar-refractivity contribution in [3.05, 3.63) is 18.0 Å². The highest BCUT2D eigenvalue weighted by Gasteiger charge is 2.28. The SMILES string of the molecule is CCC(CO)(CO)Cc1ccn(C(C)C)n1. The molecule has 0 atom stereocenters. The third kappa shape index (κ3) is 2.83. The quantitative estimate of drug-likeness (QED) is 0.770. The number of hydrogen-bond acceptors (Lipinski definition) is 3. The van der Waals surface area contributed by atoms with E-state index in [1.807, 2.05) is 23.9 Å². The van der Waals surface area contributed by atoms with Gasteiger partial charge in [-0.05, 0) is 26.3 Å². The summed E-state index contributed by atoms with van der Waals surface area (Å²) in [5.74, 6) is 0.